The van der Waals surface area contributed by atoms with Gasteiger partial charge in [0.05, 0.1) is 18.9 Å². The van der Waals surface area contributed by atoms with Crippen molar-refractivity contribution in [2.75, 3.05) is 23.7 Å². The second-order valence-corrected chi connectivity index (χ2v) is 4.59. The van der Waals surface area contributed by atoms with E-state index in [9.17, 15) is 0 Å². The molecule has 0 aliphatic carbocycles. The van der Waals surface area contributed by atoms with Crippen LogP contribution in [0, 0.1) is 0 Å². The maximum atomic E-state index is 5.94. The van der Waals surface area contributed by atoms with Crippen molar-refractivity contribution in [1.82, 2.24) is 9.97 Å². The van der Waals surface area contributed by atoms with Gasteiger partial charge in [-0.15, -0.1) is 0 Å². The molecule has 19 heavy (non-hydrogen) atoms. The molecule has 98 valence electrons. The molecule has 1 aromatic heterocycles. The second kappa shape index (κ2) is 5.14. The molecule has 2 heterocycles. The van der Waals surface area contributed by atoms with Gasteiger partial charge in [-0.2, -0.15) is 0 Å². The van der Waals surface area contributed by atoms with Crippen LogP contribution in [-0.2, 0) is 0 Å². The summed E-state index contributed by atoms with van der Waals surface area (Å²) in [4.78, 5) is 10.5. The van der Waals surface area contributed by atoms with Crippen LogP contribution in [0.1, 0.15) is 6.42 Å². The molecule has 1 atom stereocenters. The molecule has 1 fully saturated rings. The summed E-state index contributed by atoms with van der Waals surface area (Å²) in [5, 5.41) is 0. The number of anilines is 2. The number of benzene rings is 1. The summed E-state index contributed by atoms with van der Waals surface area (Å²) in [6.45, 7) is 1.72. The number of hydrogen-bond acceptors (Lipinski definition) is 5. The largest absolute Gasteiger partial charge is 0.489 e. The van der Waals surface area contributed by atoms with Crippen LogP contribution in [-0.4, -0.2) is 29.2 Å². The summed E-state index contributed by atoms with van der Waals surface area (Å²) >= 11 is 0. The van der Waals surface area contributed by atoms with Gasteiger partial charge < -0.3 is 15.4 Å². The fourth-order valence-electron chi connectivity index (χ4n) is 2.25. The monoisotopic (exact) mass is 256 g/mol. The molecule has 1 aliphatic rings. The fraction of sp³-hybridized carbons (Fsp3) is 0.286. The van der Waals surface area contributed by atoms with E-state index in [0.717, 1.165) is 31.1 Å². The van der Waals surface area contributed by atoms with Gasteiger partial charge >= 0.3 is 0 Å². The van der Waals surface area contributed by atoms with Crippen molar-refractivity contribution in [2.45, 2.75) is 12.5 Å². The minimum Gasteiger partial charge on any atom is -0.489 e. The fourth-order valence-corrected chi connectivity index (χ4v) is 2.25. The summed E-state index contributed by atoms with van der Waals surface area (Å²) < 4.78 is 5.94. The Kier molecular flexibility index (Phi) is 3.18. The molecule has 1 aromatic carbocycles. The SMILES string of the molecule is Nc1cncc(N2CC[C@@H](Oc3ccccc3)C2)n1. The third-order valence-corrected chi connectivity index (χ3v) is 3.16. The first-order valence-corrected chi connectivity index (χ1v) is 6.35. The lowest BCUT2D eigenvalue weighted by molar-refractivity contribution is 0.225. The van der Waals surface area contributed by atoms with Crippen LogP contribution >= 0.6 is 0 Å². The number of para-hydroxylation sites is 1. The van der Waals surface area contributed by atoms with E-state index in [-0.39, 0.29) is 6.10 Å². The molecule has 2 N–H and O–H groups in total. The van der Waals surface area contributed by atoms with Gasteiger partial charge in [0.1, 0.15) is 23.5 Å². The van der Waals surface area contributed by atoms with E-state index in [0.29, 0.717) is 5.82 Å². The third kappa shape index (κ3) is 2.76. The molecule has 0 bridgehead atoms. The molecule has 0 unspecified atom stereocenters. The van der Waals surface area contributed by atoms with E-state index >= 15 is 0 Å². The minimum absolute atomic E-state index is 0.186. The highest BCUT2D eigenvalue weighted by Crippen LogP contribution is 2.21. The topological polar surface area (TPSA) is 64.3 Å². The summed E-state index contributed by atoms with van der Waals surface area (Å²) in [5.41, 5.74) is 5.65. The van der Waals surface area contributed by atoms with Crippen molar-refractivity contribution in [2.24, 2.45) is 0 Å². The first-order chi connectivity index (χ1) is 9.31. The average molecular weight is 256 g/mol. The van der Waals surface area contributed by atoms with Gasteiger partial charge in [0.25, 0.3) is 0 Å². The van der Waals surface area contributed by atoms with Crippen LogP contribution in [0.5, 0.6) is 5.75 Å². The maximum Gasteiger partial charge on any atom is 0.149 e. The van der Waals surface area contributed by atoms with Gasteiger partial charge in [0, 0.05) is 13.0 Å². The Hall–Kier alpha value is -2.30. The van der Waals surface area contributed by atoms with E-state index in [4.69, 9.17) is 10.5 Å². The number of nitrogen functional groups attached to an aromatic ring is 1. The van der Waals surface area contributed by atoms with Crippen LogP contribution in [0.4, 0.5) is 11.6 Å². The molecule has 0 amide bonds. The van der Waals surface area contributed by atoms with E-state index < -0.39 is 0 Å². The Morgan fingerprint density at radius 3 is 2.84 bits per heavy atom. The van der Waals surface area contributed by atoms with Gasteiger partial charge in [-0.1, -0.05) is 18.2 Å². The van der Waals surface area contributed by atoms with E-state index in [1.807, 2.05) is 30.3 Å². The number of hydrogen-bond donors (Lipinski definition) is 1. The Bertz CT molecular complexity index is 546. The maximum absolute atomic E-state index is 5.94. The van der Waals surface area contributed by atoms with Gasteiger partial charge in [-0.05, 0) is 12.1 Å². The number of ether oxygens (including phenoxy) is 1. The molecule has 5 heteroatoms. The molecule has 0 radical (unpaired) electrons. The summed E-state index contributed by atoms with van der Waals surface area (Å²) in [6.07, 6.45) is 4.45. The zero-order valence-electron chi connectivity index (χ0n) is 10.6. The van der Waals surface area contributed by atoms with Crippen molar-refractivity contribution in [3.05, 3.63) is 42.7 Å². The second-order valence-electron chi connectivity index (χ2n) is 4.59. The van der Waals surface area contributed by atoms with Crippen molar-refractivity contribution in [3.8, 4) is 5.75 Å². The van der Waals surface area contributed by atoms with Crippen molar-refractivity contribution < 1.29 is 4.74 Å². The number of aromatic nitrogens is 2. The summed E-state index contributed by atoms with van der Waals surface area (Å²) in [7, 11) is 0. The van der Waals surface area contributed by atoms with Gasteiger partial charge in [-0.25, -0.2) is 4.98 Å². The molecule has 2 aromatic rings. The lowest BCUT2D eigenvalue weighted by Crippen LogP contribution is -2.25. The molecule has 5 nitrogen and oxygen atoms in total. The molecule has 1 aliphatic heterocycles. The predicted molar refractivity (Wildman–Crippen MR) is 74.1 cm³/mol. The number of nitrogens with zero attached hydrogens (tertiary/aromatic N) is 3. The first-order valence-electron chi connectivity index (χ1n) is 6.35. The Morgan fingerprint density at radius 2 is 2.05 bits per heavy atom. The lowest BCUT2D eigenvalue weighted by atomic mass is 10.3. The quantitative estimate of drug-likeness (QED) is 0.905. The van der Waals surface area contributed by atoms with Gasteiger partial charge in [0.2, 0.25) is 0 Å². The Balaban J connectivity index is 1.64. The first kappa shape index (κ1) is 11.8. The van der Waals surface area contributed by atoms with Gasteiger partial charge in [-0.3, -0.25) is 4.98 Å². The van der Waals surface area contributed by atoms with E-state index in [2.05, 4.69) is 14.9 Å². The number of rotatable bonds is 3. The Labute approximate surface area is 112 Å². The lowest BCUT2D eigenvalue weighted by Gasteiger charge is -2.17. The zero-order chi connectivity index (χ0) is 13.1. The molecule has 0 saturated carbocycles. The van der Waals surface area contributed by atoms with Crippen LogP contribution in [0.2, 0.25) is 0 Å². The van der Waals surface area contributed by atoms with Crippen LogP contribution in [0.15, 0.2) is 42.7 Å². The molecular weight excluding hydrogens is 240 g/mol. The average Bonchev–Trinajstić information content (AvgIpc) is 2.88. The smallest absolute Gasteiger partial charge is 0.149 e. The number of nitrogens with two attached hydrogens (primary N) is 1. The minimum atomic E-state index is 0.186. The molecular formula is C14H16N4O. The standard InChI is InChI=1S/C14H16N4O/c15-13-8-16-9-14(17-13)18-7-6-12(10-18)19-11-4-2-1-3-5-11/h1-5,8-9,12H,6-7,10H2,(H2,15,17)/t12-/m1/s1. The highest BCUT2D eigenvalue weighted by Gasteiger charge is 2.25. The highest BCUT2D eigenvalue weighted by atomic mass is 16.5. The third-order valence-electron chi connectivity index (χ3n) is 3.16. The van der Waals surface area contributed by atoms with Crippen LogP contribution in [0.3, 0.4) is 0 Å². The predicted octanol–water partition coefficient (Wildman–Crippen LogP) is 1.72. The van der Waals surface area contributed by atoms with Crippen molar-refractivity contribution in [3.63, 3.8) is 0 Å². The van der Waals surface area contributed by atoms with Gasteiger partial charge in [0.15, 0.2) is 0 Å². The van der Waals surface area contributed by atoms with E-state index in [1.54, 1.807) is 12.4 Å². The normalized spacial score (nSPS) is 18.5. The Morgan fingerprint density at radius 1 is 1.21 bits per heavy atom. The van der Waals surface area contributed by atoms with Crippen LogP contribution < -0.4 is 15.4 Å². The zero-order valence-corrected chi connectivity index (χ0v) is 10.6. The molecule has 1 saturated heterocycles. The van der Waals surface area contributed by atoms with E-state index in [1.165, 1.54) is 0 Å². The highest BCUT2D eigenvalue weighted by molar-refractivity contribution is 5.42. The van der Waals surface area contributed by atoms with Crippen molar-refractivity contribution >= 4 is 11.6 Å². The molecule has 0 spiro atoms. The molecule has 3 rings (SSSR count). The summed E-state index contributed by atoms with van der Waals surface area (Å²) in [5.74, 6) is 2.18. The summed E-state index contributed by atoms with van der Waals surface area (Å²) in [6, 6.07) is 9.89. The van der Waals surface area contributed by atoms with Crippen molar-refractivity contribution in [1.29, 1.82) is 0 Å². The van der Waals surface area contributed by atoms with Crippen LogP contribution in [0.25, 0.3) is 0 Å².